The maximum atomic E-state index is 10.8. The van der Waals surface area contributed by atoms with Crippen molar-refractivity contribution in [2.75, 3.05) is 11.9 Å². The molecule has 8 heteroatoms. The number of hydrogen-bond donors (Lipinski definition) is 2. The van der Waals surface area contributed by atoms with Crippen LogP contribution in [-0.4, -0.2) is 17.4 Å². The first-order valence-electron chi connectivity index (χ1n) is 5.07. The molecule has 1 aromatic rings. The number of amides is 1. The van der Waals surface area contributed by atoms with Crippen molar-refractivity contribution < 1.29 is 9.72 Å². The molecule has 1 amide bonds. The third-order valence-electron chi connectivity index (χ3n) is 2.15. The van der Waals surface area contributed by atoms with Crippen LogP contribution in [0.25, 0.3) is 0 Å². The summed E-state index contributed by atoms with van der Waals surface area (Å²) in [5, 5.41) is 14.0. The van der Waals surface area contributed by atoms with Gasteiger partial charge in [-0.15, -0.1) is 0 Å². The Morgan fingerprint density at radius 3 is 2.56 bits per heavy atom. The van der Waals surface area contributed by atoms with Crippen molar-refractivity contribution in [1.29, 1.82) is 0 Å². The fourth-order valence-electron chi connectivity index (χ4n) is 1.31. The number of nitrogens with zero attached hydrogens (tertiary/aromatic N) is 1. The number of halogens is 2. The Bertz CT molecular complexity index is 480. The minimum Gasteiger partial charge on any atom is -0.379 e. The number of rotatable bonds is 6. The van der Waals surface area contributed by atoms with Crippen molar-refractivity contribution >= 4 is 40.5 Å². The van der Waals surface area contributed by atoms with E-state index < -0.39 is 10.8 Å². The molecular formula is C10H11Cl2N3O3. The van der Waals surface area contributed by atoms with Gasteiger partial charge in [0.1, 0.15) is 5.69 Å². The van der Waals surface area contributed by atoms with Crippen LogP contribution in [0.4, 0.5) is 11.4 Å². The lowest BCUT2D eigenvalue weighted by atomic mass is 10.2. The van der Waals surface area contributed by atoms with Crippen molar-refractivity contribution in [2.24, 2.45) is 5.73 Å². The lowest BCUT2D eigenvalue weighted by Crippen LogP contribution is -2.13. The number of hydrogen-bond acceptors (Lipinski definition) is 4. The zero-order valence-electron chi connectivity index (χ0n) is 9.28. The van der Waals surface area contributed by atoms with E-state index in [1.807, 2.05) is 0 Å². The summed E-state index contributed by atoms with van der Waals surface area (Å²) in [4.78, 5) is 20.8. The highest BCUT2D eigenvalue weighted by Crippen LogP contribution is 2.33. The lowest BCUT2D eigenvalue weighted by molar-refractivity contribution is -0.383. The van der Waals surface area contributed by atoms with Gasteiger partial charge >= 0.3 is 0 Å². The summed E-state index contributed by atoms with van der Waals surface area (Å²) in [5.74, 6) is -0.416. The number of carbonyl (C=O) groups is 1. The molecule has 0 fully saturated rings. The van der Waals surface area contributed by atoms with Crippen LogP contribution in [0.15, 0.2) is 12.1 Å². The van der Waals surface area contributed by atoms with E-state index in [2.05, 4.69) is 5.32 Å². The average Bonchev–Trinajstić information content (AvgIpc) is 2.28. The number of anilines is 1. The Labute approximate surface area is 113 Å². The minimum absolute atomic E-state index is 0.117. The van der Waals surface area contributed by atoms with Gasteiger partial charge in [-0.3, -0.25) is 14.9 Å². The smallest absolute Gasteiger partial charge is 0.293 e. The van der Waals surface area contributed by atoms with Gasteiger partial charge in [0.25, 0.3) is 5.69 Å². The maximum absolute atomic E-state index is 10.8. The number of carbonyl (C=O) groups excluding carboxylic acids is 1. The van der Waals surface area contributed by atoms with Crippen molar-refractivity contribution in [1.82, 2.24) is 0 Å². The Hall–Kier alpha value is -1.53. The largest absolute Gasteiger partial charge is 0.379 e. The van der Waals surface area contributed by atoms with Gasteiger partial charge in [-0.1, -0.05) is 23.2 Å². The average molecular weight is 292 g/mol. The Kier molecular flexibility index (Phi) is 5.18. The van der Waals surface area contributed by atoms with Crippen LogP contribution < -0.4 is 11.1 Å². The molecule has 3 N–H and O–H groups in total. The molecule has 0 heterocycles. The van der Waals surface area contributed by atoms with E-state index in [9.17, 15) is 14.9 Å². The highest BCUT2D eigenvalue weighted by Gasteiger charge is 2.16. The van der Waals surface area contributed by atoms with Crippen LogP contribution in [0, 0.1) is 10.1 Å². The maximum Gasteiger partial charge on any atom is 0.293 e. The van der Waals surface area contributed by atoms with Gasteiger partial charge in [0.2, 0.25) is 5.91 Å². The highest BCUT2D eigenvalue weighted by atomic mass is 35.5. The lowest BCUT2D eigenvalue weighted by Gasteiger charge is -2.07. The quantitative estimate of drug-likeness (QED) is 0.478. The molecule has 1 rings (SSSR count). The second kappa shape index (κ2) is 6.42. The monoisotopic (exact) mass is 291 g/mol. The van der Waals surface area contributed by atoms with Gasteiger partial charge in [-0.05, 0) is 12.5 Å². The SMILES string of the molecule is NC(=O)CCCNc1cc(Cl)c(Cl)cc1[N+](=O)[O-]. The number of primary amides is 1. The van der Waals surface area contributed by atoms with E-state index in [0.29, 0.717) is 13.0 Å². The number of benzene rings is 1. The van der Waals surface area contributed by atoms with Gasteiger partial charge in [0.05, 0.1) is 15.0 Å². The first-order chi connectivity index (χ1) is 8.41. The number of nitrogens with one attached hydrogen (secondary N) is 1. The van der Waals surface area contributed by atoms with Crippen LogP contribution in [0.3, 0.4) is 0 Å². The van der Waals surface area contributed by atoms with E-state index in [0.717, 1.165) is 0 Å². The summed E-state index contributed by atoms with van der Waals surface area (Å²) in [5.41, 5.74) is 5.08. The van der Waals surface area contributed by atoms with Gasteiger partial charge in [-0.2, -0.15) is 0 Å². The summed E-state index contributed by atoms with van der Waals surface area (Å²) < 4.78 is 0. The molecule has 0 saturated carbocycles. The van der Waals surface area contributed by atoms with E-state index in [4.69, 9.17) is 28.9 Å². The third-order valence-corrected chi connectivity index (χ3v) is 2.87. The normalized spacial score (nSPS) is 10.1. The zero-order valence-corrected chi connectivity index (χ0v) is 10.8. The van der Waals surface area contributed by atoms with Crippen molar-refractivity contribution in [3.05, 3.63) is 32.3 Å². The van der Waals surface area contributed by atoms with Crippen molar-refractivity contribution in [2.45, 2.75) is 12.8 Å². The number of nitro benzene ring substituents is 1. The summed E-state index contributed by atoms with van der Waals surface area (Å²) in [6.07, 6.45) is 0.689. The molecule has 0 bridgehead atoms. The number of nitrogens with two attached hydrogens (primary N) is 1. The Morgan fingerprint density at radius 1 is 1.39 bits per heavy atom. The standard InChI is InChI=1S/C10H11Cl2N3O3/c11-6-4-8(14-3-1-2-10(13)16)9(15(17)18)5-7(6)12/h4-5,14H,1-3H2,(H2,13,16). The molecule has 0 radical (unpaired) electrons. The molecule has 0 atom stereocenters. The van der Waals surface area contributed by atoms with Gasteiger partial charge in [0.15, 0.2) is 0 Å². The van der Waals surface area contributed by atoms with Crippen molar-refractivity contribution in [3.8, 4) is 0 Å². The molecule has 6 nitrogen and oxygen atoms in total. The molecule has 1 aromatic carbocycles. The van der Waals surface area contributed by atoms with E-state index in [1.165, 1.54) is 12.1 Å². The zero-order chi connectivity index (χ0) is 13.7. The summed E-state index contributed by atoms with van der Waals surface area (Å²) >= 11 is 11.5. The summed E-state index contributed by atoms with van der Waals surface area (Å²) in [7, 11) is 0. The fourth-order valence-corrected chi connectivity index (χ4v) is 1.64. The fraction of sp³-hybridized carbons (Fsp3) is 0.300. The predicted octanol–water partition coefficient (Wildman–Crippen LogP) is 2.58. The molecule has 0 aliphatic rings. The van der Waals surface area contributed by atoms with E-state index in [-0.39, 0.29) is 27.8 Å². The first kappa shape index (κ1) is 14.5. The first-order valence-corrected chi connectivity index (χ1v) is 5.83. The molecule has 0 aliphatic heterocycles. The topological polar surface area (TPSA) is 98.3 Å². The Balaban J connectivity index is 2.77. The second-order valence-electron chi connectivity index (χ2n) is 3.54. The van der Waals surface area contributed by atoms with Gasteiger partial charge < -0.3 is 11.1 Å². The van der Waals surface area contributed by atoms with Gasteiger partial charge in [-0.25, -0.2) is 0 Å². The molecule has 0 unspecified atom stereocenters. The van der Waals surface area contributed by atoms with Crippen LogP contribution in [0.2, 0.25) is 10.0 Å². The third kappa shape index (κ3) is 4.05. The van der Waals surface area contributed by atoms with Crippen LogP contribution >= 0.6 is 23.2 Å². The van der Waals surface area contributed by atoms with Crippen LogP contribution in [0.1, 0.15) is 12.8 Å². The molecular weight excluding hydrogens is 281 g/mol. The van der Waals surface area contributed by atoms with E-state index in [1.54, 1.807) is 0 Å². The molecule has 0 aliphatic carbocycles. The summed E-state index contributed by atoms with van der Waals surface area (Å²) in [6, 6.07) is 2.56. The number of nitro groups is 1. The molecule has 0 saturated heterocycles. The van der Waals surface area contributed by atoms with Crippen molar-refractivity contribution in [3.63, 3.8) is 0 Å². The van der Waals surface area contributed by atoms with Gasteiger partial charge in [0, 0.05) is 19.0 Å². The summed E-state index contributed by atoms with van der Waals surface area (Å²) in [6.45, 7) is 0.377. The molecule has 0 spiro atoms. The molecule has 18 heavy (non-hydrogen) atoms. The van der Waals surface area contributed by atoms with E-state index >= 15 is 0 Å². The van der Waals surface area contributed by atoms with Crippen LogP contribution in [-0.2, 0) is 4.79 Å². The van der Waals surface area contributed by atoms with Crippen LogP contribution in [0.5, 0.6) is 0 Å². The Morgan fingerprint density at radius 2 is 2.00 bits per heavy atom. The molecule has 98 valence electrons. The minimum atomic E-state index is -0.557. The second-order valence-corrected chi connectivity index (χ2v) is 4.35. The highest BCUT2D eigenvalue weighted by molar-refractivity contribution is 6.42. The molecule has 0 aromatic heterocycles. The predicted molar refractivity (Wildman–Crippen MR) is 70.0 cm³/mol.